The lowest BCUT2D eigenvalue weighted by molar-refractivity contribution is -0.132. The third-order valence-corrected chi connectivity index (χ3v) is 5.37. The van der Waals surface area contributed by atoms with Gasteiger partial charge in [-0.3, -0.25) is 4.79 Å². The molecule has 2 aromatic rings. The zero-order valence-corrected chi connectivity index (χ0v) is 15.8. The van der Waals surface area contributed by atoms with Crippen LogP contribution in [-0.4, -0.2) is 37.5 Å². The highest BCUT2D eigenvalue weighted by molar-refractivity contribution is 6.36. The van der Waals surface area contributed by atoms with E-state index in [1.165, 1.54) is 6.33 Å². The molecule has 0 saturated heterocycles. The summed E-state index contributed by atoms with van der Waals surface area (Å²) >= 11 is 12.2. The van der Waals surface area contributed by atoms with E-state index in [2.05, 4.69) is 9.97 Å². The van der Waals surface area contributed by atoms with Crippen molar-refractivity contribution < 1.29 is 15.0 Å². The molecule has 1 aromatic carbocycles. The third kappa shape index (κ3) is 3.71. The van der Waals surface area contributed by atoms with Crippen LogP contribution in [0, 0.1) is 6.92 Å². The number of carbonyl (C=O) groups excluding carboxylic acids is 1. The number of carbonyl (C=O) groups is 1. The second-order valence-electron chi connectivity index (χ2n) is 6.35. The van der Waals surface area contributed by atoms with Crippen molar-refractivity contribution in [1.82, 2.24) is 14.9 Å². The molecule has 0 fully saturated rings. The molecule has 6 nitrogen and oxygen atoms in total. The lowest BCUT2D eigenvalue weighted by atomic mass is 9.98. The van der Waals surface area contributed by atoms with Crippen molar-refractivity contribution in [2.24, 2.45) is 0 Å². The second kappa shape index (κ2) is 7.68. The van der Waals surface area contributed by atoms with E-state index in [0.29, 0.717) is 43.4 Å². The van der Waals surface area contributed by atoms with Gasteiger partial charge in [0.25, 0.3) is 0 Å². The van der Waals surface area contributed by atoms with Crippen molar-refractivity contribution in [2.45, 2.75) is 39.2 Å². The fourth-order valence-electron chi connectivity index (χ4n) is 3.14. The van der Waals surface area contributed by atoms with Gasteiger partial charge in [-0.15, -0.1) is 0 Å². The monoisotopic (exact) mass is 395 g/mol. The molecule has 0 aliphatic carbocycles. The first kappa shape index (κ1) is 18.7. The van der Waals surface area contributed by atoms with Crippen LogP contribution in [0.5, 0.6) is 11.5 Å². The summed E-state index contributed by atoms with van der Waals surface area (Å²) in [6.45, 7) is 2.68. The standard InChI is InChI=1S/C18H19Cl2N3O3/c1-10-7-11(22-9-21-10)3-2-4-14(24)23-6-5-12-13(8-23)16(20)18(26)17(25)15(12)19/h7,9,25-26H,2-6,8H2,1H3. The molecule has 0 spiro atoms. The van der Waals surface area contributed by atoms with Crippen molar-refractivity contribution in [3.63, 3.8) is 0 Å². The molecule has 26 heavy (non-hydrogen) atoms. The van der Waals surface area contributed by atoms with E-state index in [0.717, 1.165) is 11.4 Å². The molecule has 0 unspecified atom stereocenters. The number of phenolic OH excluding ortho intramolecular Hbond substituents is 2. The number of halogens is 2. The summed E-state index contributed by atoms with van der Waals surface area (Å²) in [5.74, 6) is -0.833. The summed E-state index contributed by atoms with van der Waals surface area (Å²) in [6, 6.07) is 1.92. The summed E-state index contributed by atoms with van der Waals surface area (Å²) in [6.07, 6.45) is 3.81. The molecular weight excluding hydrogens is 377 g/mol. The summed E-state index contributed by atoms with van der Waals surface area (Å²) in [5.41, 5.74) is 3.11. The smallest absolute Gasteiger partial charge is 0.222 e. The quantitative estimate of drug-likeness (QED) is 0.774. The average molecular weight is 396 g/mol. The molecule has 1 aliphatic heterocycles. The van der Waals surface area contributed by atoms with Crippen LogP contribution in [0.3, 0.4) is 0 Å². The number of hydrogen-bond donors (Lipinski definition) is 2. The van der Waals surface area contributed by atoms with E-state index in [9.17, 15) is 15.0 Å². The summed E-state index contributed by atoms with van der Waals surface area (Å²) in [4.78, 5) is 22.5. The molecule has 8 heteroatoms. The Morgan fingerprint density at radius 3 is 2.58 bits per heavy atom. The SMILES string of the molecule is Cc1cc(CCCC(=O)N2CCc3c(Cl)c(O)c(O)c(Cl)c3C2)ncn1. The largest absolute Gasteiger partial charge is 0.503 e. The number of aromatic nitrogens is 2. The van der Waals surface area contributed by atoms with E-state index in [4.69, 9.17) is 23.2 Å². The Morgan fingerprint density at radius 1 is 1.19 bits per heavy atom. The molecule has 0 saturated carbocycles. The van der Waals surface area contributed by atoms with Crippen LogP contribution in [-0.2, 0) is 24.2 Å². The molecule has 0 bridgehead atoms. The fourth-order valence-corrected chi connectivity index (χ4v) is 3.70. The minimum absolute atomic E-state index is 0.0150. The Balaban J connectivity index is 1.64. The number of amides is 1. The van der Waals surface area contributed by atoms with Crippen LogP contribution in [0.2, 0.25) is 10.0 Å². The van der Waals surface area contributed by atoms with Gasteiger partial charge in [0.2, 0.25) is 5.91 Å². The lowest BCUT2D eigenvalue weighted by Gasteiger charge is -2.30. The number of benzene rings is 1. The Bertz CT molecular complexity index is 858. The predicted molar refractivity (Wildman–Crippen MR) is 98.6 cm³/mol. The van der Waals surface area contributed by atoms with Gasteiger partial charge in [0, 0.05) is 30.9 Å². The zero-order valence-electron chi connectivity index (χ0n) is 14.3. The first-order chi connectivity index (χ1) is 12.4. The molecule has 2 heterocycles. The van der Waals surface area contributed by atoms with Crippen LogP contribution in [0.25, 0.3) is 0 Å². The third-order valence-electron chi connectivity index (χ3n) is 4.55. The number of aromatic hydroxyl groups is 2. The molecular formula is C18H19Cl2N3O3. The van der Waals surface area contributed by atoms with Gasteiger partial charge in [-0.25, -0.2) is 9.97 Å². The Labute approximate surface area is 161 Å². The predicted octanol–water partition coefficient (Wildman–Crippen LogP) is 3.41. The van der Waals surface area contributed by atoms with Gasteiger partial charge in [0.05, 0.1) is 10.0 Å². The van der Waals surface area contributed by atoms with Gasteiger partial charge < -0.3 is 15.1 Å². The van der Waals surface area contributed by atoms with Crippen LogP contribution in [0.1, 0.15) is 35.4 Å². The van der Waals surface area contributed by atoms with Gasteiger partial charge in [0.15, 0.2) is 11.5 Å². The number of phenols is 2. The number of fused-ring (bicyclic) bond motifs is 1. The van der Waals surface area contributed by atoms with Crippen molar-refractivity contribution in [3.05, 3.63) is 45.0 Å². The van der Waals surface area contributed by atoms with E-state index >= 15 is 0 Å². The molecule has 0 radical (unpaired) electrons. The first-order valence-electron chi connectivity index (χ1n) is 8.34. The summed E-state index contributed by atoms with van der Waals surface area (Å²) < 4.78 is 0. The van der Waals surface area contributed by atoms with Gasteiger partial charge in [-0.05, 0) is 43.4 Å². The molecule has 0 atom stereocenters. The van der Waals surface area contributed by atoms with Gasteiger partial charge in [0.1, 0.15) is 6.33 Å². The van der Waals surface area contributed by atoms with Crippen LogP contribution in [0.4, 0.5) is 0 Å². The highest BCUT2D eigenvalue weighted by atomic mass is 35.5. The van der Waals surface area contributed by atoms with Crippen molar-refractivity contribution in [1.29, 1.82) is 0 Å². The Morgan fingerprint density at radius 2 is 1.88 bits per heavy atom. The number of rotatable bonds is 4. The molecule has 2 N–H and O–H groups in total. The minimum Gasteiger partial charge on any atom is -0.503 e. The maximum Gasteiger partial charge on any atom is 0.222 e. The molecule has 3 rings (SSSR count). The van der Waals surface area contributed by atoms with Gasteiger partial charge in [-0.1, -0.05) is 23.2 Å². The van der Waals surface area contributed by atoms with Gasteiger partial charge in [-0.2, -0.15) is 0 Å². The lowest BCUT2D eigenvalue weighted by Crippen LogP contribution is -2.36. The molecule has 1 amide bonds. The highest BCUT2D eigenvalue weighted by Gasteiger charge is 2.28. The zero-order chi connectivity index (χ0) is 18.8. The van der Waals surface area contributed by atoms with E-state index in [1.54, 1.807) is 4.90 Å². The number of aryl methyl sites for hydroxylation is 2. The summed E-state index contributed by atoms with van der Waals surface area (Å²) in [5, 5.41) is 19.8. The topological polar surface area (TPSA) is 86.6 Å². The Hall–Kier alpha value is -2.05. The van der Waals surface area contributed by atoms with E-state index in [1.807, 2.05) is 13.0 Å². The first-order valence-corrected chi connectivity index (χ1v) is 9.10. The van der Waals surface area contributed by atoms with Gasteiger partial charge >= 0.3 is 0 Å². The van der Waals surface area contributed by atoms with E-state index < -0.39 is 11.5 Å². The van der Waals surface area contributed by atoms with Crippen molar-refractivity contribution in [3.8, 4) is 11.5 Å². The second-order valence-corrected chi connectivity index (χ2v) is 7.11. The Kier molecular flexibility index (Phi) is 5.53. The average Bonchev–Trinajstić information content (AvgIpc) is 2.64. The highest BCUT2D eigenvalue weighted by Crippen LogP contribution is 2.46. The van der Waals surface area contributed by atoms with Crippen molar-refractivity contribution >= 4 is 29.1 Å². The molecule has 1 aromatic heterocycles. The minimum atomic E-state index is -0.441. The van der Waals surface area contributed by atoms with Crippen molar-refractivity contribution in [2.75, 3.05) is 6.54 Å². The van der Waals surface area contributed by atoms with Crippen LogP contribution < -0.4 is 0 Å². The van der Waals surface area contributed by atoms with Crippen LogP contribution in [0.15, 0.2) is 12.4 Å². The fraction of sp³-hybridized carbons (Fsp3) is 0.389. The maximum atomic E-state index is 12.5. The number of hydrogen-bond acceptors (Lipinski definition) is 5. The molecule has 138 valence electrons. The number of nitrogens with zero attached hydrogens (tertiary/aromatic N) is 3. The van der Waals surface area contributed by atoms with E-state index in [-0.39, 0.29) is 22.5 Å². The summed E-state index contributed by atoms with van der Waals surface area (Å²) in [7, 11) is 0. The van der Waals surface area contributed by atoms with Crippen LogP contribution >= 0.6 is 23.2 Å². The molecule has 1 aliphatic rings. The maximum absolute atomic E-state index is 12.5. The normalized spacial score (nSPS) is 13.6.